The van der Waals surface area contributed by atoms with Gasteiger partial charge in [-0.2, -0.15) is 0 Å². The Balaban J connectivity index is 3.13. The van der Waals surface area contributed by atoms with E-state index in [2.05, 4.69) is 34.8 Å². The smallest absolute Gasteiger partial charge is 0.360 e. The molecule has 1 rings (SSSR count). The zero-order valence-electron chi connectivity index (χ0n) is 13.9. The number of hydrogen-bond acceptors (Lipinski definition) is 11. The summed E-state index contributed by atoms with van der Waals surface area (Å²) in [5.74, 6) is -5.46. The number of esters is 1. The van der Waals surface area contributed by atoms with E-state index in [4.69, 9.17) is 28.5 Å². The van der Waals surface area contributed by atoms with E-state index in [1.165, 1.54) is 25.1 Å². The predicted octanol–water partition coefficient (Wildman–Crippen LogP) is 2.52. The van der Waals surface area contributed by atoms with E-state index in [1.807, 2.05) is 0 Å². The highest BCUT2D eigenvalue weighted by molar-refractivity contribution is 6.42. The Morgan fingerprint density at radius 2 is 1.74 bits per heavy atom. The van der Waals surface area contributed by atoms with Crippen LogP contribution in [0, 0.1) is 5.92 Å². The van der Waals surface area contributed by atoms with Gasteiger partial charge in [-0.15, -0.1) is 0 Å². The Morgan fingerprint density at radius 1 is 1.07 bits per heavy atom. The standard InChI is InChI=1S/C14H14Cl2O11/c1-7(17)6-9(8-4-3-5-10(15)12(8)16)11(13(18)21-2)14(19)22-24-26-27-25-23-20/h3-5,9,11,20H,6H2,1-2H3. The monoisotopic (exact) mass is 428 g/mol. The maximum Gasteiger partial charge on any atom is 0.360 e. The van der Waals surface area contributed by atoms with Crippen molar-refractivity contribution in [2.45, 2.75) is 19.3 Å². The van der Waals surface area contributed by atoms with Crippen LogP contribution in [-0.2, 0) is 49.2 Å². The van der Waals surface area contributed by atoms with E-state index in [0.717, 1.165) is 7.11 Å². The summed E-state index contributed by atoms with van der Waals surface area (Å²) in [5, 5.41) is 25.5. The third kappa shape index (κ3) is 7.01. The zero-order chi connectivity index (χ0) is 20.4. The molecule has 1 aromatic carbocycles. The highest BCUT2D eigenvalue weighted by Gasteiger charge is 2.41. The topological polar surface area (TPSA) is 136 Å². The summed E-state index contributed by atoms with van der Waals surface area (Å²) in [7, 11) is 1.03. The molecule has 2 unspecified atom stereocenters. The van der Waals surface area contributed by atoms with Crippen LogP contribution >= 0.6 is 23.2 Å². The van der Waals surface area contributed by atoms with Crippen LogP contribution in [0.4, 0.5) is 0 Å². The molecule has 27 heavy (non-hydrogen) atoms. The van der Waals surface area contributed by atoms with Crippen LogP contribution in [0.25, 0.3) is 0 Å². The number of ether oxygens (including phenoxy) is 1. The lowest BCUT2D eigenvalue weighted by molar-refractivity contribution is -0.782. The van der Waals surface area contributed by atoms with Gasteiger partial charge in [0.2, 0.25) is 0 Å². The minimum absolute atomic E-state index is 0.0427. The van der Waals surface area contributed by atoms with Crippen molar-refractivity contribution in [1.82, 2.24) is 0 Å². The molecule has 1 N–H and O–H groups in total. The molecular weight excluding hydrogens is 415 g/mol. The number of hydrogen-bond donors (Lipinski definition) is 1. The molecule has 150 valence electrons. The van der Waals surface area contributed by atoms with E-state index in [-0.39, 0.29) is 27.8 Å². The molecule has 0 aliphatic carbocycles. The molecular formula is C14H14Cl2O11. The normalized spacial score (nSPS) is 12.9. The van der Waals surface area contributed by atoms with Crippen molar-refractivity contribution in [1.29, 1.82) is 0 Å². The summed E-state index contributed by atoms with van der Waals surface area (Å²) in [6.45, 7) is 1.25. The van der Waals surface area contributed by atoms with Gasteiger partial charge in [0, 0.05) is 27.5 Å². The summed E-state index contributed by atoms with van der Waals surface area (Å²) in [4.78, 5) is 40.4. The molecule has 2 atom stereocenters. The molecule has 1 aromatic rings. The first-order valence-electron chi connectivity index (χ1n) is 7.03. The maximum absolute atomic E-state index is 12.3. The number of ketones is 1. The molecule has 11 nitrogen and oxygen atoms in total. The fraction of sp³-hybridized carbons (Fsp3) is 0.357. The third-order valence-electron chi connectivity index (χ3n) is 3.23. The number of halogens is 2. The molecule has 0 bridgehead atoms. The summed E-state index contributed by atoms with van der Waals surface area (Å²) in [6, 6.07) is 4.50. The summed E-state index contributed by atoms with van der Waals surface area (Å²) < 4.78 is 4.60. The molecule has 0 aliphatic heterocycles. The average Bonchev–Trinajstić information content (AvgIpc) is 2.62. The molecule has 0 heterocycles. The van der Waals surface area contributed by atoms with Crippen LogP contribution in [0.5, 0.6) is 0 Å². The van der Waals surface area contributed by atoms with Crippen LogP contribution in [0.3, 0.4) is 0 Å². The second kappa shape index (κ2) is 11.8. The minimum atomic E-state index is -1.67. The second-order valence-electron chi connectivity index (χ2n) is 4.91. The highest BCUT2D eigenvalue weighted by Crippen LogP contribution is 2.38. The van der Waals surface area contributed by atoms with Gasteiger partial charge in [-0.25, -0.2) is 10.1 Å². The summed E-state index contributed by atoms with van der Waals surface area (Å²) in [6.07, 6.45) is -0.270. The van der Waals surface area contributed by atoms with Gasteiger partial charge in [0.05, 0.1) is 17.2 Å². The Morgan fingerprint density at radius 3 is 2.33 bits per heavy atom. The quantitative estimate of drug-likeness (QED) is 0.183. The molecule has 0 aliphatic rings. The molecule has 0 saturated heterocycles. The largest absolute Gasteiger partial charge is 0.468 e. The lowest BCUT2D eigenvalue weighted by Gasteiger charge is -2.23. The van der Waals surface area contributed by atoms with E-state index in [9.17, 15) is 14.4 Å². The Labute approximate surface area is 162 Å². The van der Waals surface area contributed by atoms with Gasteiger partial charge >= 0.3 is 11.9 Å². The molecule has 0 saturated carbocycles. The Hall–Kier alpha value is -1.83. The van der Waals surface area contributed by atoms with E-state index < -0.39 is 23.8 Å². The second-order valence-corrected chi connectivity index (χ2v) is 5.69. The van der Waals surface area contributed by atoms with E-state index >= 15 is 0 Å². The molecule has 0 fully saturated rings. The van der Waals surface area contributed by atoms with Gasteiger partial charge in [-0.05, 0) is 28.6 Å². The first kappa shape index (κ1) is 23.2. The van der Waals surface area contributed by atoms with E-state index in [0.29, 0.717) is 0 Å². The Bertz CT molecular complexity index is 666. The first-order chi connectivity index (χ1) is 12.8. The average molecular weight is 429 g/mol. The van der Waals surface area contributed by atoms with Crippen LogP contribution < -0.4 is 0 Å². The van der Waals surface area contributed by atoms with Crippen LogP contribution in [0.1, 0.15) is 24.8 Å². The molecule has 0 radical (unpaired) electrons. The van der Waals surface area contributed by atoms with Crippen LogP contribution in [0.15, 0.2) is 18.2 Å². The van der Waals surface area contributed by atoms with Crippen LogP contribution in [0.2, 0.25) is 10.0 Å². The maximum atomic E-state index is 12.3. The van der Waals surface area contributed by atoms with Crippen molar-refractivity contribution in [3.63, 3.8) is 0 Å². The fourth-order valence-corrected chi connectivity index (χ4v) is 2.66. The molecule has 0 spiro atoms. The molecule has 0 amide bonds. The Kier molecular flexibility index (Phi) is 10.1. The summed E-state index contributed by atoms with van der Waals surface area (Å²) >= 11 is 12.1. The highest BCUT2D eigenvalue weighted by atomic mass is 35.5. The van der Waals surface area contributed by atoms with Crippen molar-refractivity contribution < 1.29 is 54.5 Å². The van der Waals surface area contributed by atoms with Gasteiger partial charge in [0.1, 0.15) is 5.78 Å². The molecule has 13 heteroatoms. The zero-order valence-corrected chi connectivity index (χ0v) is 15.4. The number of carbonyl (C=O) groups excluding carboxylic acids is 3. The van der Waals surface area contributed by atoms with Crippen molar-refractivity contribution in [3.8, 4) is 0 Å². The van der Waals surface area contributed by atoms with E-state index in [1.54, 1.807) is 0 Å². The van der Waals surface area contributed by atoms with Crippen molar-refractivity contribution in [2.75, 3.05) is 7.11 Å². The predicted molar refractivity (Wildman–Crippen MR) is 84.2 cm³/mol. The van der Waals surface area contributed by atoms with Crippen molar-refractivity contribution >= 4 is 40.9 Å². The number of carbonyl (C=O) groups is 3. The third-order valence-corrected chi connectivity index (χ3v) is 4.06. The lowest BCUT2D eigenvalue weighted by atomic mass is 9.82. The van der Waals surface area contributed by atoms with Gasteiger partial charge in [-0.1, -0.05) is 35.3 Å². The number of Topliss-reactive ketones (excluding diaryl/α,β-unsaturated/α-hetero) is 1. The van der Waals surface area contributed by atoms with Crippen molar-refractivity contribution in [2.24, 2.45) is 5.92 Å². The van der Waals surface area contributed by atoms with Gasteiger partial charge in [-0.3, -0.25) is 9.68 Å². The minimum Gasteiger partial charge on any atom is -0.468 e. The lowest BCUT2D eigenvalue weighted by Crippen LogP contribution is -2.34. The molecule has 0 aromatic heterocycles. The summed E-state index contributed by atoms with van der Waals surface area (Å²) in [5.41, 5.74) is 0.237. The van der Waals surface area contributed by atoms with Gasteiger partial charge in [0.25, 0.3) is 0 Å². The fourth-order valence-electron chi connectivity index (χ4n) is 2.21. The van der Waals surface area contributed by atoms with Gasteiger partial charge in [0.15, 0.2) is 5.92 Å². The SMILES string of the molecule is COC(=O)C(C(=O)OOOOOOO)C(CC(C)=O)c1cccc(Cl)c1Cl. The number of rotatable bonds is 11. The number of benzene rings is 1. The van der Waals surface area contributed by atoms with Gasteiger partial charge < -0.3 is 9.53 Å². The number of methoxy groups -OCH3 is 1. The van der Waals surface area contributed by atoms with Crippen LogP contribution in [-0.4, -0.2) is 30.1 Å². The first-order valence-corrected chi connectivity index (χ1v) is 7.78. The van der Waals surface area contributed by atoms with Crippen molar-refractivity contribution in [3.05, 3.63) is 33.8 Å².